The van der Waals surface area contributed by atoms with Crippen molar-refractivity contribution in [1.82, 2.24) is 15.5 Å². The van der Waals surface area contributed by atoms with Crippen LogP contribution in [0.2, 0.25) is 0 Å². The van der Waals surface area contributed by atoms with Crippen LogP contribution in [0.5, 0.6) is 0 Å². The van der Waals surface area contributed by atoms with Crippen LogP contribution in [0.15, 0.2) is 72.8 Å². The second-order valence-electron chi connectivity index (χ2n) is 12.1. The van der Waals surface area contributed by atoms with E-state index in [0.29, 0.717) is 6.54 Å². The van der Waals surface area contributed by atoms with Crippen LogP contribution in [0.1, 0.15) is 80.1 Å². The van der Waals surface area contributed by atoms with Gasteiger partial charge in [0, 0.05) is 25.1 Å². The van der Waals surface area contributed by atoms with Gasteiger partial charge >= 0.3 is 12.0 Å². The zero-order chi connectivity index (χ0) is 32.1. The molecule has 0 radical (unpaired) electrons. The van der Waals surface area contributed by atoms with Gasteiger partial charge in [0.15, 0.2) is 6.29 Å². The largest absolute Gasteiger partial charge is 0.465 e. The van der Waals surface area contributed by atoms with E-state index in [1.54, 1.807) is 6.92 Å². The van der Waals surface area contributed by atoms with Gasteiger partial charge in [0.2, 0.25) is 0 Å². The first-order valence-corrected chi connectivity index (χ1v) is 16.6. The summed E-state index contributed by atoms with van der Waals surface area (Å²) in [5.41, 5.74) is 5.89. The van der Waals surface area contributed by atoms with Gasteiger partial charge in [-0.3, -0.25) is 4.79 Å². The van der Waals surface area contributed by atoms with E-state index in [0.717, 1.165) is 59.4 Å². The molecule has 9 heteroatoms. The minimum Gasteiger partial charge on any atom is -0.465 e. The predicted octanol–water partition coefficient (Wildman–Crippen LogP) is 6.02. The molecule has 2 aliphatic rings. The molecule has 0 bridgehead atoms. The van der Waals surface area contributed by atoms with Crippen LogP contribution < -0.4 is 10.6 Å². The van der Waals surface area contributed by atoms with E-state index in [-0.39, 0.29) is 32.0 Å². The normalized spacial score (nSPS) is 20.7. The van der Waals surface area contributed by atoms with Crippen LogP contribution in [0.25, 0.3) is 11.1 Å². The van der Waals surface area contributed by atoms with Crippen molar-refractivity contribution in [3.63, 3.8) is 0 Å². The van der Waals surface area contributed by atoms with E-state index in [2.05, 4.69) is 45.9 Å². The Bertz CT molecular complexity index is 1410. The van der Waals surface area contributed by atoms with E-state index >= 15 is 0 Å². The van der Waals surface area contributed by atoms with Crippen molar-refractivity contribution in [3.8, 4) is 11.1 Å². The molecule has 2 saturated heterocycles. The number of aliphatic hydroxyl groups is 1. The minimum atomic E-state index is -0.524. The van der Waals surface area contributed by atoms with Crippen LogP contribution in [-0.4, -0.2) is 60.9 Å². The van der Waals surface area contributed by atoms with Crippen molar-refractivity contribution in [1.29, 1.82) is 0 Å². The SMILES string of the molecule is CCOC(=O)CNC(=O)NCc1cccc(-c2cccc(C3OC(CN4CCCCCCC4)CC(c4ccc(CO)cc4)O3)c2)c1. The van der Waals surface area contributed by atoms with Crippen LogP contribution in [0.4, 0.5) is 4.79 Å². The third-order valence-electron chi connectivity index (χ3n) is 8.60. The minimum absolute atomic E-state index is 0.0157. The summed E-state index contributed by atoms with van der Waals surface area (Å²) in [7, 11) is 0. The molecule has 0 saturated carbocycles. The van der Waals surface area contributed by atoms with Gasteiger partial charge in [-0.05, 0) is 72.8 Å². The monoisotopic (exact) mass is 629 g/mol. The zero-order valence-electron chi connectivity index (χ0n) is 26.8. The number of amides is 2. The lowest BCUT2D eigenvalue weighted by molar-refractivity contribution is -0.253. The fourth-order valence-corrected chi connectivity index (χ4v) is 6.15. The average molecular weight is 630 g/mol. The van der Waals surface area contributed by atoms with Gasteiger partial charge in [-0.25, -0.2) is 4.79 Å². The third-order valence-corrected chi connectivity index (χ3v) is 8.60. The van der Waals surface area contributed by atoms with Crippen LogP contribution in [0.3, 0.4) is 0 Å². The van der Waals surface area contributed by atoms with Crippen molar-refractivity contribution in [3.05, 3.63) is 95.1 Å². The Morgan fingerprint density at radius 2 is 1.57 bits per heavy atom. The molecule has 2 heterocycles. The van der Waals surface area contributed by atoms with Gasteiger partial charge in [-0.15, -0.1) is 0 Å². The molecule has 3 atom stereocenters. The Balaban J connectivity index is 1.29. The Morgan fingerprint density at radius 1 is 0.848 bits per heavy atom. The number of hydrogen-bond donors (Lipinski definition) is 3. The number of ether oxygens (including phenoxy) is 3. The summed E-state index contributed by atoms with van der Waals surface area (Å²) < 4.78 is 18.2. The number of carbonyl (C=O) groups excluding carboxylic acids is 2. The molecule has 3 aromatic rings. The van der Waals surface area contributed by atoms with Gasteiger partial charge in [-0.1, -0.05) is 79.9 Å². The number of nitrogens with one attached hydrogen (secondary N) is 2. The molecule has 0 spiro atoms. The topological polar surface area (TPSA) is 109 Å². The second-order valence-corrected chi connectivity index (χ2v) is 12.1. The summed E-state index contributed by atoms with van der Waals surface area (Å²) in [6, 6.07) is 23.9. The maximum atomic E-state index is 12.2. The number of nitrogens with zero attached hydrogens (tertiary/aromatic N) is 1. The van der Waals surface area contributed by atoms with Crippen LogP contribution in [0, 0.1) is 0 Å². The first-order chi connectivity index (χ1) is 22.5. The second kappa shape index (κ2) is 17.2. The maximum absolute atomic E-state index is 12.2. The fraction of sp³-hybridized carbons (Fsp3) is 0.459. The van der Waals surface area contributed by atoms with Crippen molar-refractivity contribution >= 4 is 12.0 Å². The lowest BCUT2D eigenvalue weighted by Crippen LogP contribution is -2.40. The molecule has 2 fully saturated rings. The summed E-state index contributed by atoms with van der Waals surface area (Å²) >= 11 is 0. The highest BCUT2D eigenvalue weighted by atomic mass is 16.7. The number of benzene rings is 3. The lowest BCUT2D eigenvalue weighted by Gasteiger charge is -2.39. The van der Waals surface area contributed by atoms with Crippen molar-refractivity contribution in [2.24, 2.45) is 0 Å². The molecule has 9 nitrogen and oxygen atoms in total. The highest BCUT2D eigenvalue weighted by Gasteiger charge is 2.33. The van der Waals surface area contributed by atoms with E-state index in [4.69, 9.17) is 14.2 Å². The molecule has 0 aliphatic carbocycles. The van der Waals surface area contributed by atoms with Gasteiger partial charge < -0.3 is 34.9 Å². The number of hydrogen-bond acceptors (Lipinski definition) is 7. The molecule has 3 aromatic carbocycles. The Hall–Kier alpha value is -3.76. The summed E-state index contributed by atoms with van der Waals surface area (Å²) in [4.78, 5) is 26.3. The van der Waals surface area contributed by atoms with Gasteiger partial charge in [-0.2, -0.15) is 0 Å². The molecule has 0 aromatic heterocycles. The van der Waals surface area contributed by atoms with Crippen molar-refractivity contribution < 1.29 is 28.9 Å². The highest BCUT2D eigenvalue weighted by Crippen LogP contribution is 2.39. The van der Waals surface area contributed by atoms with Crippen molar-refractivity contribution in [2.75, 3.05) is 32.8 Å². The summed E-state index contributed by atoms with van der Waals surface area (Å²) in [5.74, 6) is -0.472. The average Bonchev–Trinajstić information content (AvgIpc) is 3.08. The number of urea groups is 1. The zero-order valence-corrected chi connectivity index (χ0v) is 26.8. The summed E-state index contributed by atoms with van der Waals surface area (Å²) in [5, 5.41) is 14.9. The van der Waals surface area contributed by atoms with Crippen LogP contribution in [-0.2, 0) is 32.2 Å². The number of likely N-dealkylation sites (tertiary alicyclic amines) is 1. The molecular formula is C37H47N3O6. The molecule has 46 heavy (non-hydrogen) atoms. The number of aliphatic hydroxyl groups excluding tert-OH is 1. The highest BCUT2D eigenvalue weighted by molar-refractivity contribution is 5.80. The number of carbonyl (C=O) groups is 2. The van der Waals surface area contributed by atoms with E-state index in [1.807, 2.05) is 42.5 Å². The quantitative estimate of drug-likeness (QED) is 0.223. The van der Waals surface area contributed by atoms with Crippen LogP contribution >= 0.6 is 0 Å². The number of rotatable bonds is 11. The van der Waals surface area contributed by atoms with Gasteiger partial charge in [0.25, 0.3) is 0 Å². The van der Waals surface area contributed by atoms with E-state index in [9.17, 15) is 14.7 Å². The Kier molecular flexibility index (Phi) is 12.6. The maximum Gasteiger partial charge on any atom is 0.325 e. The van der Waals surface area contributed by atoms with E-state index < -0.39 is 18.3 Å². The lowest BCUT2D eigenvalue weighted by atomic mass is 9.98. The molecule has 3 N–H and O–H groups in total. The van der Waals surface area contributed by atoms with Gasteiger partial charge in [0.05, 0.1) is 25.4 Å². The molecular weight excluding hydrogens is 582 g/mol. The summed E-state index contributed by atoms with van der Waals surface area (Å²) in [6.07, 6.45) is 6.52. The first kappa shape index (κ1) is 33.6. The van der Waals surface area contributed by atoms with E-state index in [1.165, 1.54) is 32.1 Å². The standard InChI is InChI=1S/C37H47N3O6/c1-2-44-35(42)24-39-37(43)38-23-28-10-8-11-30(20-28)31-12-9-13-32(21-31)36-45-33(25-40-18-6-4-3-5-7-19-40)22-34(46-36)29-16-14-27(26-41)15-17-29/h8-17,20-21,33-34,36,41H,2-7,18-19,22-26H2,1H3,(H2,38,39,43). The fourth-order valence-electron chi connectivity index (χ4n) is 6.15. The molecule has 3 unspecified atom stereocenters. The van der Waals surface area contributed by atoms with Gasteiger partial charge in [0.1, 0.15) is 6.54 Å². The summed E-state index contributed by atoms with van der Waals surface area (Å²) in [6.45, 7) is 5.24. The number of esters is 1. The Morgan fingerprint density at radius 3 is 2.30 bits per heavy atom. The smallest absolute Gasteiger partial charge is 0.325 e. The molecule has 246 valence electrons. The molecule has 2 aliphatic heterocycles. The molecule has 2 amide bonds. The first-order valence-electron chi connectivity index (χ1n) is 16.6. The predicted molar refractivity (Wildman–Crippen MR) is 177 cm³/mol. The van der Waals surface area contributed by atoms with Crippen molar-refractivity contribution in [2.45, 2.75) is 77.1 Å². The third kappa shape index (κ3) is 9.87. The molecule has 5 rings (SSSR count). The Labute approximate surface area is 272 Å².